The summed E-state index contributed by atoms with van der Waals surface area (Å²) < 4.78 is 0. The first kappa shape index (κ1) is 24.4. The number of carboxylic acid groups (broad SMARTS) is 1. The zero-order valence-corrected chi connectivity index (χ0v) is 18.8. The largest absolute Gasteiger partial charge is 0.481 e. The van der Waals surface area contributed by atoms with E-state index in [9.17, 15) is 19.5 Å². The Kier molecular flexibility index (Phi) is 8.68. The summed E-state index contributed by atoms with van der Waals surface area (Å²) in [6, 6.07) is 17.9. The molecule has 2 N–H and O–H groups in total. The first-order chi connectivity index (χ1) is 16.5. The van der Waals surface area contributed by atoms with Crippen LogP contribution in [0.1, 0.15) is 32.7 Å². The van der Waals surface area contributed by atoms with Crippen LogP contribution in [-0.2, 0) is 11.2 Å². The fourth-order valence-corrected chi connectivity index (χ4v) is 3.61. The van der Waals surface area contributed by atoms with Gasteiger partial charge in [-0.05, 0) is 47.4 Å². The summed E-state index contributed by atoms with van der Waals surface area (Å²) >= 11 is 0. The van der Waals surface area contributed by atoms with Crippen molar-refractivity contribution in [3.63, 3.8) is 0 Å². The van der Waals surface area contributed by atoms with Crippen LogP contribution in [0.5, 0.6) is 0 Å². The Labute approximate surface area is 198 Å². The van der Waals surface area contributed by atoms with Crippen molar-refractivity contribution in [3.8, 4) is 11.1 Å². The van der Waals surface area contributed by atoms with Crippen molar-refractivity contribution in [2.75, 3.05) is 19.6 Å². The molecule has 0 atom stereocenters. The highest BCUT2D eigenvalue weighted by Crippen LogP contribution is 2.28. The second-order valence-electron chi connectivity index (χ2n) is 7.63. The zero-order valence-electron chi connectivity index (χ0n) is 18.8. The first-order valence-electron chi connectivity index (χ1n) is 11.0. The molecule has 3 rings (SSSR count). The molecule has 2 amide bonds. The lowest BCUT2D eigenvalue weighted by Gasteiger charge is -2.24. The van der Waals surface area contributed by atoms with Crippen molar-refractivity contribution < 1.29 is 19.5 Å². The van der Waals surface area contributed by atoms with Crippen molar-refractivity contribution in [1.29, 1.82) is 0 Å². The van der Waals surface area contributed by atoms with Gasteiger partial charge in [0.25, 0.3) is 11.8 Å². The Balaban J connectivity index is 1.94. The molecule has 0 bridgehead atoms. The van der Waals surface area contributed by atoms with E-state index >= 15 is 0 Å². The lowest BCUT2D eigenvalue weighted by molar-refractivity contribution is -0.137. The molecule has 0 aliphatic heterocycles. The third-order valence-electron chi connectivity index (χ3n) is 5.33. The van der Waals surface area contributed by atoms with Crippen LogP contribution in [0.2, 0.25) is 0 Å². The van der Waals surface area contributed by atoms with E-state index in [2.05, 4.69) is 16.9 Å². The van der Waals surface area contributed by atoms with Crippen LogP contribution < -0.4 is 5.32 Å². The molecule has 0 aliphatic rings. The van der Waals surface area contributed by atoms with Crippen molar-refractivity contribution in [1.82, 2.24) is 15.2 Å². The van der Waals surface area contributed by atoms with E-state index < -0.39 is 5.97 Å². The molecule has 1 heterocycles. The number of hydrogen-bond donors (Lipinski definition) is 2. The Bertz CT molecular complexity index is 1160. The predicted octanol–water partition coefficient (Wildman–Crippen LogP) is 3.82. The Hall–Kier alpha value is -4.26. The van der Waals surface area contributed by atoms with Crippen LogP contribution in [0.25, 0.3) is 11.1 Å². The van der Waals surface area contributed by atoms with Crippen LogP contribution in [0.3, 0.4) is 0 Å². The van der Waals surface area contributed by atoms with Gasteiger partial charge in [0, 0.05) is 43.2 Å². The monoisotopic (exact) mass is 457 g/mol. The topological polar surface area (TPSA) is 99.6 Å². The molecule has 0 spiro atoms. The van der Waals surface area contributed by atoms with E-state index in [0.29, 0.717) is 41.8 Å². The van der Waals surface area contributed by atoms with Gasteiger partial charge in [-0.25, -0.2) is 0 Å². The Morgan fingerprint density at radius 2 is 1.53 bits per heavy atom. The minimum atomic E-state index is -0.973. The number of rotatable bonds is 11. The molecule has 0 fully saturated rings. The third kappa shape index (κ3) is 6.38. The molecule has 34 heavy (non-hydrogen) atoms. The quantitative estimate of drug-likeness (QED) is 0.427. The number of benzene rings is 2. The number of nitrogens with zero attached hydrogens (tertiary/aromatic N) is 2. The lowest BCUT2D eigenvalue weighted by Crippen LogP contribution is -2.35. The fraction of sp³-hybridized carbons (Fsp3) is 0.185. The summed E-state index contributed by atoms with van der Waals surface area (Å²) in [6.45, 7) is 4.38. The van der Waals surface area contributed by atoms with Gasteiger partial charge in [-0.2, -0.15) is 0 Å². The molecule has 0 saturated carbocycles. The number of nitrogens with one attached hydrogen (secondary N) is 1. The SMILES string of the molecule is C=CCNC(=O)c1ccccc1-c1ccccc1C(=O)N(CCC(=O)O)CCc1ccncc1. The van der Waals surface area contributed by atoms with Crippen LogP contribution >= 0.6 is 0 Å². The number of carboxylic acids is 1. The number of amides is 2. The van der Waals surface area contributed by atoms with Gasteiger partial charge in [-0.3, -0.25) is 19.4 Å². The molecule has 3 aromatic rings. The van der Waals surface area contributed by atoms with Crippen LogP contribution in [0.4, 0.5) is 0 Å². The normalized spacial score (nSPS) is 10.4. The Morgan fingerprint density at radius 3 is 2.18 bits per heavy atom. The van der Waals surface area contributed by atoms with E-state index in [1.54, 1.807) is 59.8 Å². The average Bonchev–Trinajstić information content (AvgIpc) is 2.87. The molecule has 0 saturated heterocycles. The molecule has 0 aliphatic carbocycles. The molecule has 174 valence electrons. The molecule has 1 aromatic heterocycles. The van der Waals surface area contributed by atoms with Crippen LogP contribution in [0.15, 0.2) is 85.7 Å². The maximum atomic E-state index is 13.6. The number of carbonyl (C=O) groups is 3. The maximum absolute atomic E-state index is 13.6. The summed E-state index contributed by atoms with van der Waals surface area (Å²) in [5.74, 6) is -1.52. The predicted molar refractivity (Wildman–Crippen MR) is 131 cm³/mol. The molecule has 2 aromatic carbocycles. The smallest absolute Gasteiger partial charge is 0.305 e. The zero-order chi connectivity index (χ0) is 24.3. The summed E-state index contributed by atoms with van der Waals surface area (Å²) in [5.41, 5.74) is 3.09. The van der Waals surface area contributed by atoms with E-state index in [1.165, 1.54) is 0 Å². The summed E-state index contributed by atoms with van der Waals surface area (Å²) in [5, 5.41) is 12.0. The second kappa shape index (κ2) is 12.1. The van der Waals surface area contributed by atoms with Crippen molar-refractivity contribution in [2.24, 2.45) is 0 Å². The van der Waals surface area contributed by atoms with Gasteiger partial charge in [0.2, 0.25) is 0 Å². The number of hydrogen-bond acceptors (Lipinski definition) is 4. The number of aliphatic carboxylic acids is 1. The molecular formula is C27H27N3O4. The summed E-state index contributed by atoms with van der Waals surface area (Å²) in [6.07, 6.45) is 5.37. The fourth-order valence-electron chi connectivity index (χ4n) is 3.61. The van der Waals surface area contributed by atoms with Gasteiger partial charge in [0.15, 0.2) is 0 Å². The van der Waals surface area contributed by atoms with Gasteiger partial charge in [-0.1, -0.05) is 42.5 Å². The van der Waals surface area contributed by atoms with Crippen molar-refractivity contribution >= 4 is 17.8 Å². The summed E-state index contributed by atoms with van der Waals surface area (Å²) in [4.78, 5) is 43.1. The standard InChI is InChI=1S/C27H27N3O4/c1-2-15-29-26(33)23-9-5-3-7-21(23)22-8-4-6-10-24(22)27(34)30(19-14-25(31)32)18-13-20-11-16-28-17-12-20/h2-12,16-17H,1,13-15,18-19H2,(H,29,33)(H,31,32). The van der Waals surface area contributed by atoms with E-state index in [0.717, 1.165) is 5.56 Å². The van der Waals surface area contributed by atoms with Gasteiger partial charge in [0.05, 0.1) is 6.42 Å². The van der Waals surface area contributed by atoms with E-state index in [1.807, 2.05) is 24.3 Å². The number of pyridine rings is 1. The molecular weight excluding hydrogens is 430 g/mol. The first-order valence-corrected chi connectivity index (χ1v) is 11.0. The highest BCUT2D eigenvalue weighted by Gasteiger charge is 2.22. The van der Waals surface area contributed by atoms with E-state index in [-0.39, 0.29) is 24.8 Å². The van der Waals surface area contributed by atoms with Gasteiger partial charge >= 0.3 is 5.97 Å². The van der Waals surface area contributed by atoms with E-state index in [4.69, 9.17) is 0 Å². The maximum Gasteiger partial charge on any atom is 0.305 e. The minimum absolute atomic E-state index is 0.0784. The third-order valence-corrected chi connectivity index (χ3v) is 5.33. The highest BCUT2D eigenvalue weighted by atomic mass is 16.4. The number of aromatic nitrogens is 1. The lowest BCUT2D eigenvalue weighted by atomic mass is 9.94. The summed E-state index contributed by atoms with van der Waals surface area (Å²) in [7, 11) is 0. The van der Waals surface area contributed by atoms with Gasteiger partial charge in [0.1, 0.15) is 0 Å². The Morgan fingerprint density at radius 1 is 0.912 bits per heavy atom. The minimum Gasteiger partial charge on any atom is -0.481 e. The average molecular weight is 458 g/mol. The second-order valence-corrected chi connectivity index (χ2v) is 7.63. The number of carbonyl (C=O) groups excluding carboxylic acids is 2. The van der Waals surface area contributed by atoms with Crippen LogP contribution in [-0.4, -0.2) is 52.4 Å². The van der Waals surface area contributed by atoms with Crippen molar-refractivity contribution in [2.45, 2.75) is 12.8 Å². The molecule has 7 nitrogen and oxygen atoms in total. The molecule has 0 unspecified atom stereocenters. The van der Waals surface area contributed by atoms with Crippen molar-refractivity contribution in [3.05, 3.63) is 102 Å². The van der Waals surface area contributed by atoms with Gasteiger partial charge < -0.3 is 15.3 Å². The molecule has 0 radical (unpaired) electrons. The molecule has 7 heteroatoms. The van der Waals surface area contributed by atoms with Gasteiger partial charge in [-0.15, -0.1) is 6.58 Å². The van der Waals surface area contributed by atoms with Crippen LogP contribution in [0, 0.1) is 0 Å². The highest BCUT2D eigenvalue weighted by molar-refractivity contribution is 6.06.